The summed E-state index contributed by atoms with van der Waals surface area (Å²) in [7, 11) is 0. The highest BCUT2D eigenvalue weighted by Crippen LogP contribution is 2.41. The number of hydrogen-bond acceptors (Lipinski definition) is 5. The minimum Gasteiger partial charge on any atom is -0.507 e. The monoisotopic (exact) mass is 634 g/mol. The molecule has 6 nitrogen and oxygen atoms in total. The van der Waals surface area contributed by atoms with E-state index in [1.54, 1.807) is 6.92 Å². The molecule has 0 aliphatic heterocycles. The molecular weight excluding hydrogens is 562 g/mol. The highest BCUT2D eigenvalue weighted by atomic mass is 16.4. The topological polar surface area (TPSA) is 124 Å². The van der Waals surface area contributed by atoms with Gasteiger partial charge in [-0.2, -0.15) is 0 Å². The van der Waals surface area contributed by atoms with Gasteiger partial charge in [0.1, 0.15) is 5.75 Å². The third-order valence-corrected chi connectivity index (χ3v) is 8.67. The lowest BCUT2D eigenvalue weighted by atomic mass is 9.77. The molecule has 1 unspecified atom stereocenters. The number of aliphatic hydroxyl groups excluding tert-OH is 2. The molecule has 0 aromatic heterocycles. The normalized spacial score (nSPS) is 12.9. The van der Waals surface area contributed by atoms with Gasteiger partial charge in [-0.1, -0.05) is 124 Å². The number of aromatic hydroxyl groups is 1. The molecule has 0 amide bonds. The van der Waals surface area contributed by atoms with Crippen molar-refractivity contribution in [1.29, 1.82) is 0 Å². The molecule has 0 heterocycles. The molecule has 0 bridgehead atoms. The van der Waals surface area contributed by atoms with Crippen LogP contribution >= 0.6 is 0 Å². The average molecular weight is 634 g/mol. The second-order valence-corrected chi connectivity index (χ2v) is 14.9. The van der Waals surface area contributed by atoms with E-state index in [-0.39, 0.29) is 29.8 Å². The third kappa shape index (κ3) is 20.1. The predicted molar refractivity (Wildman–Crippen MR) is 191 cm³/mol. The molecule has 0 aliphatic carbocycles. The fourth-order valence-corrected chi connectivity index (χ4v) is 5.57. The lowest BCUT2D eigenvalue weighted by Crippen LogP contribution is -2.19. The van der Waals surface area contributed by atoms with Gasteiger partial charge >= 0.3 is 5.97 Å². The van der Waals surface area contributed by atoms with E-state index in [1.165, 1.54) is 83.5 Å². The number of phenolic OH excluding ortho intramolecular Hbond substituents is 1. The number of benzene rings is 1. The van der Waals surface area contributed by atoms with Crippen molar-refractivity contribution in [3.05, 3.63) is 41.0 Å². The van der Waals surface area contributed by atoms with Crippen LogP contribution < -0.4 is 5.73 Å². The van der Waals surface area contributed by atoms with Crippen molar-refractivity contribution in [1.82, 2.24) is 0 Å². The van der Waals surface area contributed by atoms with Gasteiger partial charge in [0, 0.05) is 13.2 Å². The summed E-state index contributed by atoms with van der Waals surface area (Å²) >= 11 is 0. The number of aliphatic carboxylic acids is 1. The zero-order chi connectivity index (χ0) is 34.3. The van der Waals surface area contributed by atoms with Gasteiger partial charge in [-0.05, 0) is 91.9 Å². The van der Waals surface area contributed by atoms with Crippen molar-refractivity contribution in [3.8, 4) is 5.75 Å². The highest BCUT2D eigenvalue weighted by molar-refractivity contribution is 5.76. The number of rotatable bonds is 22. The fourth-order valence-electron chi connectivity index (χ4n) is 5.57. The average Bonchev–Trinajstić information content (AvgIpc) is 2.96. The minimum absolute atomic E-state index is 0.238. The van der Waals surface area contributed by atoms with E-state index in [9.17, 15) is 15.0 Å². The number of nitrogens with two attached hydrogens (primary N) is 1. The van der Waals surface area contributed by atoms with Gasteiger partial charge in [0.25, 0.3) is 0 Å². The second kappa shape index (κ2) is 24.3. The van der Waals surface area contributed by atoms with Crippen LogP contribution in [0.4, 0.5) is 0 Å². The van der Waals surface area contributed by atoms with Crippen molar-refractivity contribution < 1.29 is 25.2 Å². The molecule has 0 radical (unpaired) electrons. The first-order chi connectivity index (χ1) is 21.2. The van der Waals surface area contributed by atoms with Crippen molar-refractivity contribution in [2.24, 2.45) is 11.7 Å². The zero-order valence-corrected chi connectivity index (χ0v) is 30.2. The van der Waals surface area contributed by atoms with E-state index in [4.69, 9.17) is 15.9 Å². The van der Waals surface area contributed by atoms with Crippen LogP contribution in [0.15, 0.2) is 24.3 Å². The van der Waals surface area contributed by atoms with Crippen LogP contribution in [0.5, 0.6) is 5.75 Å². The van der Waals surface area contributed by atoms with E-state index in [2.05, 4.69) is 12.2 Å². The zero-order valence-electron chi connectivity index (χ0n) is 30.2. The first kappa shape index (κ1) is 43.1. The Bertz CT molecular complexity index is 887. The third-order valence-electron chi connectivity index (χ3n) is 8.67. The molecule has 0 spiro atoms. The first-order valence-electron chi connectivity index (χ1n) is 17.9. The quantitative estimate of drug-likeness (QED) is 0.0640. The van der Waals surface area contributed by atoms with Crippen LogP contribution in [0.1, 0.15) is 174 Å². The number of hydrogen-bond donors (Lipinski definition) is 5. The number of phenols is 1. The lowest BCUT2D eigenvalue weighted by molar-refractivity contribution is -0.138. The molecule has 0 saturated carbocycles. The molecule has 0 aliphatic rings. The van der Waals surface area contributed by atoms with E-state index in [1.807, 2.05) is 53.7 Å². The summed E-state index contributed by atoms with van der Waals surface area (Å²) in [5, 5.41) is 37.8. The molecule has 1 rings (SSSR count). The smallest absolute Gasteiger partial charge is 0.310 e. The van der Waals surface area contributed by atoms with Crippen LogP contribution in [-0.4, -0.2) is 46.2 Å². The molecule has 0 fully saturated rings. The molecule has 1 atom stereocenters. The molecule has 1 aromatic rings. The largest absolute Gasteiger partial charge is 0.507 e. The Morgan fingerprint density at radius 1 is 0.711 bits per heavy atom. The summed E-state index contributed by atoms with van der Waals surface area (Å²) in [6.07, 6.45) is 24.5. The van der Waals surface area contributed by atoms with E-state index in [0.717, 1.165) is 42.5 Å². The molecule has 1 aromatic carbocycles. The number of carboxylic acids is 1. The summed E-state index contributed by atoms with van der Waals surface area (Å²) in [5.41, 5.74) is 7.35. The second-order valence-electron chi connectivity index (χ2n) is 14.9. The Balaban J connectivity index is 0.000000880. The van der Waals surface area contributed by atoms with Crippen LogP contribution in [0, 0.1) is 5.92 Å². The Labute approximate surface area is 276 Å². The maximum absolute atomic E-state index is 11.2. The van der Waals surface area contributed by atoms with Crippen molar-refractivity contribution >= 4 is 5.97 Å². The number of unbranched alkanes of at least 4 members (excludes halogenated alkanes) is 11. The Hall–Kier alpha value is -1.89. The summed E-state index contributed by atoms with van der Waals surface area (Å²) in [6, 6.07) is 3.65. The van der Waals surface area contributed by atoms with Crippen LogP contribution in [0.3, 0.4) is 0 Å². The molecule has 6 N–H and O–H groups in total. The molecule has 6 heteroatoms. The number of allylic oxidation sites excluding steroid dienone is 2. The first-order valence-corrected chi connectivity index (χ1v) is 17.9. The van der Waals surface area contributed by atoms with Crippen molar-refractivity contribution in [2.45, 2.75) is 168 Å². The van der Waals surface area contributed by atoms with E-state index < -0.39 is 11.9 Å². The Kier molecular flexibility index (Phi) is 23.3. The Morgan fingerprint density at radius 2 is 1.11 bits per heavy atom. The molecule has 0 saturated heterocycles. The van der Waals surface area contributed by atoms with Gasteiger partial charge in [0.2, 0.25) is 0 Å². The molecule has 262 valence electrons. The van der Waals surface area contributed by atoms with Crippen LogP contribution in [0.2, 0.25) is 0 Å². The summed E-state index contributed by atoms with van der Waals surface area (Å²) in [4.78, 5) is 11.2. The summed E-state index contributed by atoms with van der Waals surface area (Å²) < 4.78 is 0. The minimum atomic E-state index is -0.851. The van der Waals surface area contributed by atoms with Gasteiger partial charge in [-0.25, -0.2) is 0 Å². The lowest BCUT2D eigenvalue weighted by Gasteiger charge is -2.28. The van der Waals surface area contributed by atoms with Crippen LogP contribution in [-0.2, 0) is 15.6 Å². The van der Waals surface area contributed by atoms with E-state index >= 15 is 0 Å². The van der Waals surface area contributed by atoms with Gasteiger partial charge in [0.05, 0.1) is 5.92 Å². The summed E-state index contributed by atoms with van der Waals surface area (Å²) in [5.74, 6) is -0.641. The van der Waals surface area contributed by atoms with Crippen molar-refractivity contribution in [2.75, 3.05) is 19.8 Å². The molecular formula is C39H71NO5. The highest BCUT2D eigenvalue weighted by Gasteiger charge is 2.28. The summed E-state index contributed by atoms with van der Waals surface area (Å²) in [6.45, 7) is 15.1. The van der Waals surface area contributed by atoms with Gasteiger partial charge in [-0.3, -0.25) is 4.79 Å². The number of carboxylic acid groups (broad SMARTS) is 1. The van der Waals surface area contributed by atoms with Gasteiger partial charge in [-0.15, -0.1) is 0 Å². The molecule has 45 heavy (non-hydrogen) atoms. The van der Waals surface area contributed by atoms with E-state index in [0.29, 0.717) is 5.92 Å². The van der Waals surface area contributed by atoms with Gasteiger partial charge < -0.3 is 26.2 Å². The standard InChI is InChI=1S/C22H45NO2.C17H26O3/c23-19-15-13-11-9-7-5-3-1-2-4-6-8-10-12-14-16-22(17-20-24)18-21-25;1-10(15(19)20)11-8-12(16(2,3)4)14(18)13(9-11)17(5,6)7/h1-2,22,24-25H,3-21,23H2;8-10,18H,1-7H3,(H,19,20). The maximum atomic E-state index is 11.2. The number of aliphatic hydroxyl groups is 2. The van der Waals surface area contributed by atoms with Gasteiger partial charge in [0.15, 0.2) is 0 Å². The SMILES string of the molecule is CC(C(=O)O)c1cc(C(C)(C)C)c(O)c(C(C)(C)C)c1.NCCCCCCCCC=CCCCCCCCC(CCO)CCO. The van der Waals surface area contributed by atoms with Crippen molar-refractivity contribution in [3.63, 3.8) is 0 Å². The Morgan fingerprint density at radius 3 is 1.49 bits per heavy atom. The van der Waals surface area contributed by atoms with Crippen LogP contribution in [0.25, 0.3) is 0 Å². The number of carbonyl (C=O) groups is 1. The predicted octanol–water partition coefficient (Wildman–Crippen LogP) is 9.52. The maximum Gasteiger partial charge on any atom is 0.310 e. The fraction of sp³-hybridized carbons (Fsp3) is 0.769.